The molecule has 0 saturated carbocycles. The van der Waals surface area contributed by atoms with E-state index in [0.717, 1.165) is 11.3 Å². The van der Waals surface area contributed by atoms with Gasteiger partial charge in [0.1, 0.15) is 0 Å². The number of benzene rings is 1. The first-order valence-electron chi connectivity index (χ1n) is 4.36. The van der Waals surface area contributed by atoms with Gasteiger partial charge in [-0.3, -0.25) is 0 Å². The van der Waals surface area contributed by atoms with Crippen LogP contribution in [0.4, 0.5) is 5.69 Å². The molecule has 1 nitrogen and oxygen atoms in total. The lowest BCUT2D eigenvalue weighted by atomic mass is 10.1. The van der Waals surface area contributed by atoms with Gasteiger partial charge >= 0.3 is 0 Å². The van der Waals surface area contributed by atoms with E-state index in [1.165, 1.54) is 5.57 Å². The predicted octanol–water partition coefficient (Wildman–Crippen LogP) is 3.25. The zero-order valence-electron chi connectivity index (χ0n) is 8.12. The third kappa shape index (κ3) is 3.16. The summed E-state index contributed by atoms with van der Waals surface area (Å²) in [4.78, 5) is 0. The molecule has 1 heteroatoms. The van der Waals surface area contributed by atoms with Gasteiger partial charge in [0.2, 0.25) is 0 Å². The van der Waals surface area contributed by atoms with Crippen molar-refractivity contribution in [3.05, 3.63) is 47.6 Å². The van der Waals surface area contributed by atoms with Crippen molar-refractivity contribution in [2.75, 3.05) is 5.73 Å². The Hall–Kier alpha value is -1.50. The smallest absolute Gasteiger partial charge is 0.0387 e. The second-order valence-electron chi connectivity index (χ2n) is 3.23. The van der Waals surface area contributed by atoms with Gasteiger partial charge in [0, 0.05) is 5.69 Å². The van der Waals surface area contributed by atoms with Gasteiger partial charge in [-0.25, -0.2) is 0 Å². The van der Waals surface area contributed by atoms with E-state index in [2.05, 4.69) is 19.9 Å². The molecular weight excluding hydrogens is 158 g/mol. The minimum atomic E-state index is 0.820. The minimum Gasteiger partial charge on any atom is -0.398 e. The Morgan fingerprint density at radius 1 is 1.23 bits per heavy atom. The topological polar surface area (TPSA) is 26.0 Å². The molecule has 0 heterocycles. The average Bonchev–Trinajstić information content (AvgIpc) is 2.08. The van der Waals surface area contributed by atoms with E-state index in [-0.39, 0.29) is 0 Å². The zero-order chi connectivity index (χ0) is 9.68. The van der Waals surface area contributed by atoms with Gasteiger partial charge in [-0.1, -0.05) is 42.0 Å². The fourth-order valence-electron chi connectivity index (χ4n) is 1.01. The number of allylic oxidation sites excluding steroid dienone is 3. The highest BCUT2D eigenvalue weighted by atomic mass is 14.5. The number of hydrogen-bond donors (Lipinski definition) is 1. The zero-order valence-corrected chi connectivity index (χ0v) is 8.12. The number of anilines is 1. The Morgan fingerprint density at radius 3 is 2.54 bits per heavy atom. The first-order valence-corrected chi connectivity index (χ1v) is 4.36. The number of nitrogens with two attached hydrogens (primary N) is 1. The summed E-state index contributed by atoms with van der Waals surface area (Å²) in [5, 5.41) is 0. The maximum absolute atomic E-state index is 5.77. The van der Waals surface area contributed by atoms with Crippen molar-refractivity contribution in [3.63, 3.8) is 0 Å². The molecule has 0 radical (unpaired) electrons. The third-order valence-electron chi connectivity index (χ3n) is 1.70. The third-order valence-corrected chi connectivity index (χ3v) is 1.70. The monoisotopic (exact) mass is 173 g/mol. The Labute approximate surface area is 79.6 Å². The Balaban J connectivity index is 2.80. The molecule has 0 fully saturated rings. The van der Waals surface area contributed by atoms with Gasteiger partial charge in [-0.05, 0) is 25.5 Å². The van der Waals surface area contributed by atoms with E-state index in [1.54, 1.807) is 0 Å². The van der Waals surface area contributed by atoms with Crippen LogP contribution in [-0.4, -0.2) is 0 Å². The molecule has 68 valence electrons. The molecule has 13 heavy (non-hydrogen) atoms. The average molecular weight is 173 g/mol. The summed E-state index contributed by atoms with van der Waals surface area (Å²) in [5.74, 6) is 0. The first kappa shape index (κ1) is 9.59. The van der Waals surface area contributed by atoms with Crippen molar-refractivity contribution in [2.24, 2.45) is 0 Å². The quantitative estimate of drug-likeness (QED) is 0.539. The molecule has 1 aromatic carbocycles. The number of para-hydroxylation sites is 1. The predicted molar refractivity (Wildman–Crippen MR) is 59.3 cm³/mol. The van der Waals surface area contributed by atoms with Crippen molar-refractivity contribution in [3.8, 4) is 0 Å². The van der Waals surface area contributed by atoms with Crippen LogP contribution >= 0.6 is 0 Å². The molecule has 0 aliphatic carbocycles. The fraction of sp³-hybridized carbons (Fsp3) is 0.167. The molecule has 0 saturated heterocycles. The first-order chi connectivity index (χ1) is 6.20. The highest BCUT2D eigenvalue weighted by Crippen LogP contribution is 2.12. The molecule has 0 unspecified atom stereocenters. The van der Waals surface area contributed by atoms with E-state index >= 15 is 0 Å². The maximum Gasteiger partial charge on any atom is 0.0387 e. The fourth-order valence-corrected chi connectivity index (χ4v) is 1.01. The van der Waals surface area contributed by atoms with Crippen molar-refractivity contribution >= 4 is 11.8 Å². The molecule has 0 aromatic heterocycles. The van der Waals surface area contributed by atoms with Crippen LogP contribution in [0, 0.1) is 0 Å². The Kier molecular flexibility index (Phi) is 3.32. The molecule has 0 aliphatic heterocycles. The molecule has 1 aromatic rings. The summed E-state index contributed by atoms with van der Waals surface area (Å²) >= 11 is 0. The van der Waals surface area contributed by atoms with Crippen molar-refractivity contribution < 1.29 is 0 Å². The van der Waals surface area contributed by atoms with Crippen LogP contribution in [0.3, 0.4) is 0 Å². The summed E-state index contributed by atoms with van der Waals surface area (Å²) in [5.41, 5.74) is 8.94. The van der Waals surface area contributed by atoms with Gasteiger partial charge in [-0.15, -0.1) is 0 Å². The van der Waals surface area contributed by atoms with Gasteiger partial charge in [0.15, 0.2) is 0 Å². The molecule has 0 aliphatic rings. The molecule has 0 spiro atoms. The largest absolute Gasteiger partial charge is 0.398 e. The van der Waals surface area contributed by atoms with E-state index in [1.807, 2.05) is 36.4 Å². The number of rotatable bonds is 2. The van der Waals surface area contributed by atoms with E-state index < -0.39 is 0 Å². The SMILES string of the molecule is CC(C)=CC=Cc1ccccc1N. The minimum absolute atomic E-state index is 0.820. The lowest BCUT2D eigenvalue weighted by Crippen LogP contribution is -1.86. The van der Waals surface area contributed by atoms with E-state index in [4.69, 9.17) is 5.73 Å². The van der Waals surface area contributed by atoms with Crippen LogP contribution in [0.15, 0.2) is 42.0 Å². The lowest BCUT2D eigenvalue weighted by Gasteiger charge is -1.97. The maximum atomic E-state index is 5.77. The molecule has 2 N–H and O–H groups in total. The van der Waals surface area contributed by atoms with Gasteiger partial charge in [0.05, 0.1) is 0 Å². The van der Waals surface area contributed by atoms with Crippen LogP contribution < -0.4 is 5.73 Å². The lowest BCUT2D eigenvalue weighted by molar-refractivity contribution is 1.40. The summed E-state index contributed by atoms with van der Waals surface area (Å²) in [6.07, 6.45) is 6.09. The van der Waals surface area contributed by atoms with Crippen molar-refractivity contribution in [2.45, 2.75) is 13.8 Å². The Morgan fingerprint density at radius 2 is 1.92 bits per heavy atom. The van der Waals surface area contributed by atoms with Crippen LogP contribution in [0.1, 0.15) is 19.4 Å². The standard InChI is InChI=1S/C12H15N/c1-10(2)6-5-8-11-7-3-4-9-12(11)13/h3-9H,13H2,1-2H3. The summed E-state index contributed by atoms with van der Waals surface area (Å²) < 4.78 is 0. The normalized spacial score (nSPS) is 10.3. The molecule has 0 amide bonds. The Bertz CT molecular complexity index is 331. The van der Waals surface area contributed by atoms with Crippen LogP contribution in [0.25, 0.3) is 6.08 Å². The van der Waals surface area contributed by atoms with Crippen LogP contribution in [-0.2, 0) is 0 Å². The number of nitrogen functional groups attached to an aromatic ring is 1. The van der Waals surface area contributed by atoms with Crippen LogP contribution in [0.5, 0.6) is 0 Å². The van der Waals surface area contributed by atoms with Crippen molar-refractivity contribution in [1.29, 1.82) is 0 Å². The van der Waals surface area contributed by atoms with Gasteiger partial charge in [0.25, 0.3) is 0 Å². The second-order valence-corrected chi connectivity index (χ2v) is 3.23. The second kappa shape index (κ2) is 4.51. The highest BCUT2D eigenvalue weighted by molar-refractivity contribution is 5.64. The van der Waals surface area contributed by atoms with Crippen LogP contribution in [0.2, 0.25) is 0 Å². The van der Waals surface area contributed by atoms with Crippen molar-refractivity contribution in [1.82, 2.24) is 0 Å². The van der Waals surface area contributed by atoms with E-state index in [9.17, 15) is 0 Å². The molecule has 0 bridgehead atoms. The van der Waals surface area contributed by atoms with Gasteiger partial charge < -0.3 is 5.73 Å². The molecular formula is C12H15N. The summed E-state index contributed by atoms with van der Waals surface area (Å²) in [6.45, 7) is 4.14. The molecule has 0 atom stereocenters. The molecule has 1 rings (SSSR count). The number of hydrogen-bond acceptors (Lipinski definition) is 1. The summed E-state index contributed by atoms with van der Waals surface area (Å²) in [6, 6.07) is 7.83. The van der Waals surface area contributed by atoms with E-state index in [0.29, 0.717) is 0 Å². The highest BCUT2D eigenvalue weighted by Gasteiger charge is 1.89. The summed E-state index contributed by atoms with van der Waals surface area (Å²) in [7, 11) is 0. The van der Waals surface area contributed by atoms with Gasteiger partial charge in [-0.2, -0.15) is 0 Å².